The van der Waals surface area contributed by atoms with Crippen LogP contribution in [0.5, 0.6) is 0 Å². The molecule has 0 saturated heterocycles. The second kappa shape index (κ2) is 6.15. The molecule has 0 unspecified atom stereocenters. The predicted molar refractivity (Wildman–Crippen MR) is 87.2 cm³/mol. The fourth-order valence-corrected chi connectivity index (χ4v) is 3.10. The number of carbonyl (C=O) groups is 1. The molecule has 10 heteroatoms. The molecular formula is C14H19ClN6O3. The van der Waals surface area contributed by atoms with Gasteiger partial charge in [0.2, 0.25) is 11.2 Å². The maximum absolute atomic E-state index is 11.9. The Balaban J connectivity index is 1.92. The number of aliphatic hydroxyl groups is 2. The van der Waals surface area contributed by atoms with Crippen LogP contribution in [-0.4, -0.2) is 53.9 Å². The van der Waals surface area contributed by atoms with Crippen molar-refractivity contribution in [2.24, 2.45) is 5.92 Å². The highest BCUT2D eigenvalue weighted by molar-refractivity contribution is 6.28. The molecule has 24 heavy (non-hydrogen) atoms. The number of fused-ring (bicyclic) bond motifs is 1. The van der Waals surface area contributed by atoms with E-state index in [0.717, 1.165) is 0 Å². The molecule has 1 aliphatic rings. The van der Waals surface area contributed by atoms with Gasteiger partial charge in [-0.15, -0.1) is 0 Å². The van der Waals surface area contributed by atoms with E-state index in [4.69, 9.17) is 17.3 Å². The Morgan fingerprint density at radius 2 is 2.12 bits per heavy atom. The summed E-state index contributed by atoms with van der Waals surface area (Å²) in [5, 5.41) is 23.4. The average Bonchev–Trinajstić information content (AvgIpc) is 3.03. The van der Waals surface area contributed by atoms with Crippen molar-refractivity contribution in [2.45, 2.75) is 44.6 Å². The molecule has 0 spiro atoms. The van der Waals surface area contributed by atoms with E-state index in [9.17, 15) is 15.0 Å². The van der Waals surface area contributed by atoms with Crippen molar-refractivity contribution < 1.29 is 15.0 Å². The van der Waals surface area contributed by atoms with Crippen LogP contribution in [0.25, 0.3) is 11.2 Å². The Hall–Kier alpha value is -1.97. The van der Waals surface area contributed by atoms with Gasteiger partial charge in [0.05, 0.1) is 18.4 Å². The number of nitrogens with one attached hydrogen (secondary N) is 1. The maximum Gasteiger partial charge on any atom is 0.226 e. The number of halogens is 1. The van der Waals surface area contributed by atoms with Crippen molar-refractivity contribution >= 4 is 34.5 Å². The third kappa shape index (κ3) is 2.79. The van der Waals surface area contributed by atoms with Gasteiger partial charge in [-0.3, -0.25) is 4.79 Å². The van der Waals surface area contributed by atoms with E-state index in [-0.39, 0.29) is 22.9 Å². The number of aromatic nitrogens is 4. The van der Waals surface area contributed by atoms with Gasteiger partial charge < -0.3 is 25.8 Å². The van der Waals surface area contributed by atoms with Crippen LogP contribution >= 0.6 is 11.6 Å². The zero-order valence-electron chi connectivity index (χ0n) is 13.2. The molecule has 2 aromatic heterocycles. The summed E-state index contributed by atoms with van der Waals surface area (Å²) in [6, 6.07) is -1.08. The first-order chi connectivity index (χ1) is 11.3. The first-order valence-corrected chi connectivity index (χ1v) is 7.99. The topological polar surface area (TPSA) is 139 Å². The highest BCUT2D eigenvalue weighted by atomic mass is 35.5. The van der Waals surface area contributed by atoms with Crippen LogP contribution in [0.4, 0.5) is 5.82 Å². The lowest BCUT2D eigenvalue weighted by molar-refractivity contribution is -0.125. The summed E-state index contributed by atoms with van der Waals surface area (Å²) >= 11 is 5.84. The van der Waals surface area contributed by atoms with Gasteiger partial charge in [-0.25, -0.2) is 4.98 Å². The van der Waals surface area contributed by atoms with Crippen LogP contribution in [0.1, 0.15) is 26.3 Å². The van der Waals surface area contributed by atoms with E-state index < -0.39 is 24.3 Å². The molecule has 9 nitrogen and oxygen atoms in total. The van der Waals surface area contributed by atoms with Gasteiger partial charge in [0.15, 0.2) is 11.5 Å². The Morgan fingerprint density at radius 3 is 2.79 bits per heavy atom. The van der Waals surface area contributed by atoms with Crippen molar-refractivity contribution in [3.05, 3.63) is 11.6 Å². The lowest BCUT2D eigenvalue weighted by Crippen LogP contribution is -2.44. The van der Waals surface area contributed by atoms with Crippen molar-refractivity contribution in [1.82, 2.24) is 24.8 Å². The van der Waals surface area contributed by atoms with Gasteiger partial charge in [-0.2, -0.15) is 9.97 Å². The number of hydrogen-bond acceptors (Lipinski definition) is 7. The van der Waals surface area contributed by atoms with E-state index in [1.807, 2.05) is 0 Å². The fraction of sp³-hybridized carbons (Fsp3) is 0.571. The van der Waals surface area contributed by atoms with E-state index in [1.54, 1.807) is 18.4 Å². The van der Waals surface area contributed by atoms with Gasteiger partial charge in [-0.05, 0) is 18.0 Å². The van der Waals surface area contributed by atoms with E-state index in [0.29, 0.717) is 17.6 Å². The van der Waals surface area contributed by atoms with Crippen LogP contribution in [0.2, 0.25) is 5.28 Å². The minimum atomic E-state index is -1.09. The second-order valence-corrected chi connectivity index (χ2v) is 6.59. The first kappa shape index (κ1) is 16.9. The van der Waals surface area contributed by atoms with E-state index >= 15 is 0 Å². The zero-order chi connectivity index (χ0) is 17.6. The molecule has 0 bridgehead atoms. The summed E-state index contributed by atoms with van der Waals surface area (Å²) in [6.45, 7) is 3.52. The molecule has 2 heterocycles. The quantitative estimate of drug-likeness (QED) is 0.563. The minimum absolute atomic E-state index is 0.0283. The summed E-state index contributed by atoms with van der Waals surface area (Å²) in [7, 11) is 0. The van der Waals surface area contributed by atoms with Crippen molar-refractivity contribution in [3.63, 3.8) is 0 Å². The largest absolute Gasteiger partial charge is 0.388 e. The Labute approximate surface area is 142 Å². The van der Waals surface area contributed by atoms with Crippen LogP contribution in [0.15, 0.2) is 6.33 Å². The fourth-order valence-electron chi connectivity index (χ4n) is 2.93. The minimum Gasteiger partial charge on any atom is -0.388 e. The Bertz CT molecular complexity index is 779. The summed E-state index contributed by atoms with van der Waals surface area (Å²) in [5.74, 6) is -0.257. The number of rotatable bonds is 3. The molecule has 3 rings (SSSR count). The van der Waals surface area contributed by atoms with Crippen molar-refractivity contribution in [3.8, 4) is 0 Å². The molecule has 1 amide bonds. The Kier molecular flexibility index (Phi) is 4.33. The smallest absolute Gasteiger partial charge is 0.226 e. The predicted octanol–water partition coefficient (Wildman–Crippen LogP) is -0.131. The number of nitrogens with two attached hydrogens (primary N) is 1. The summed E-state index contributed by atoms with van der Waals surface area (Å²) in [6.07, 6.45) is -0.382. The highest BCUT2D eigenvalue weighted by Crippen LogP contribution is 2.34. The van der Waals surface area contributed by atoms with Gasteiger partial charge in [0.25, 0.3) is 0 Å². The molecular weight excluding hydrogens is 336 g/mol. The van der Waals surface area contributed by atoms with Gasteiger partial charge >= 0.3 is 0 Å². The number of imidazole rings is 1. The number of anilines is 1. The number of carbonyl (C=O) groups excluding carboxylic acids is 1. The van der Waals surface area contributed by atoms with Gasteiger partial charge in [0, 0.05) is 5.92 Å². The molecule has 2 aromatic rings. The van der Waals surface area contributed by atoms with E-state index in [1.165, 1.54) is 6.33 Å². The molecule has 130 valence electrons. The SMILES string of the molecule is CC(C)C(=O)N[C@H]1C[C@@H](n2cnc3c(N)nc(Cl)nc32)[C@H](O)[C@@H]1O. The summed E-state index contributed by atoms with van der Waals surface area (Å²) < 4.78 is 1.61. The summed E-state index contributed by atoms with van der Waals surface area (Å²) in [4.78, 5) is 24.0. The molecule has 5 N–H and O–H groups in total. The molecule has 0 aliphatic heterocycles. The van der Waals surface area contributed by atoms with Crippen molar-refractivity contribution in [1.29, 1.82) is 0 Å². The molecule has 1 aliphatic carbocycles. The molecule has 1 saturated carbocycles. The van der Waals surface area contributed by atoms with Crippen LogP contribution in [0, 0.1) is 5.92 Å². The van der Waals surface area contributed by atoms with Crippen LogP contribution < -0.4 is 11.1 Å². The number of nitrogen functional groups attached to an aromatic ring is 1. The molecule has 0 aromatic carbocycles. The molecule has 1 fully saturated rings. The molecule has 4 atom stereocenters. The van der Waals surface area contributed by atoms with Crippen molar-refractivity contribution in [2.75, 3.05) is 5.73 Å². The maximum atomic E-state index is 11.9. The normalized spacial score (nSPS) is 27.1. The number of amides is 1. The third-order valence-electron chi connectivity index (χ3n) is 4.28. The third-order valence-corrected chi connectivity index (χ3v) is 4.45. The van der Waals surface area contributed by atoms with E-state index in [2.05, 4.69) is 20.3 Å². The second-order valence-electron chi connectivity index (χ2n) is 6.26. The standard InChI is InChI=1S/C14H19ClN6O3/c1-5(2)13(24)18-6-3-7(10(23)9(6)22)21-4-17-8-11(16)19-14(15)20-12(8)21/h4-7,9-10,22-23H,3H2,1-2H3,(H,18,24)(H2,16,19,20)/t6-,7+,9+,10-/m0/s1. The van der Waals surface area contributed by atoms with Gasteiger partial charge in [0.1, 0.15) is 17.7 Å². The number of aliphatic hydroxyl groups excluding tert-OH is 2. The monoisotopic (exact) mass is 354 g/mol. The van der Waals surface area contributed by atoms with Crippen LogP contribution in [0.3, 0.4) is 0 Å². The number of nitrogens with zero attached hydrogens (tertiary/aromatic N) is 4. The highest BCUT2D eigenvalue weighted by Gasteiger charge is 2.43. The average molecular weight is 355 g/mol. The first-order valence-electron chi connectivity index (χ1n) is 7.61. The lowest BCUT2D eigenvalue weighted by atomic mass is 10.1. The summed E-state index contributed by atoms with van der Waals surface area (Å²) in [5.41, 5.74) is 6.52. The Morgan fingerprint density at radius 1 is 1.42 bits per heavy atom. The molecule has 0 radical (unpaired) electrons. The zero-order valence-corrected chi connectivity index (χ0v) is 14.0. The lowest BCUT2D eigenvalue weighted by Gasteiger charge is -2.19. The number of hydrogen-bond donors (Lipinski definition) is 4. The van der Waals surface area contributed by atoms with Gasteiger partial charge in [-0.1, -0.05) is 13.8 Å². The van der Waals surface area contributed by atoms with Crippen LogP contribution in [-0.2, 0) is 4.79 Å².